The average Bonchev–Trinajstić information content (AvgIpc) is 3.03. The molecule has 0 unspecified atom stereocenters. The highest BCUT2D eigenvalue weighted by atomic mass is 16.2. The fourth-order valence-electron chi connectivity index (χ4n) is 2.54. The van der Waals surface area contributed by atoms with Gasteiger partial charge in [0.05, 0.1) is 17.9 Å². The van der Waals surface area contributed by atoms with Crippen LogP contribution >= 0.6 is 0 Å². The number of pyridine rings is 1. The number of carbonyl (C=O) groups excluding carboxylic acids is 1. The van der Waals surface area contributed by atoms with E-state index < -0.39 is 0 Å². The molecule has 5 heteroatoms. The molecule has 0 aliphatic rings. The minimum atomic E-state index is -0.204. The number of nitrogens with one attached hydrogen (secondary N) is 2. The molecule has 24 heavy (non-hydrogen) atoms. The Morgan fingerprint density at radius 1 is 1.12 bits per heavy atom. The van der Waals surface area contributed by atoms with Crippen molar-refractivity contribution in [1.82, 2.24) is 20.3 Å². The number of aromatic amines is 1. The van der Waals surface area contributed by atoms with Crippen molar-refractivity contribution in [1.29, 1.82) is 0 Å². The van der Waals surface area contributed by atoms with Gasteiger partial charge in [-0.25, -0.2) is 4.98 Å². The van der Waals surface area contributed by atoms with Crippen LogP contribution < -0.4 is 5.32 Å². The number of hydrogen-bond donors (Lipinski definition) is 2. The summed E-state index contributed by atoms with van der Waals surface area (Å²) >= 11 is 0. The molecular weight excluding hydrogens is 300 g/mol. The van der Waals surface area contributed by atoms with Gasteiger partial charge < -0.3 is 10.3 Å². The largest absolute Gasteiger partial charge is 0.342 e. The Labute approximate surface area is 141 Å². The van der Waals surface area contributed by atoms with Crippen LogP contribution in [0.25, 0.3) is 0 Å². The molecule has 0 aliphatic carbocycles. The number of carbonyl (C=O) groups is 1. The first-order valence-electron chi connectivity index (χ1n) is 7.91. The van der Waals surface area contributed by atoms with Crippen molar-refractivity contribution in [2.45, 2.75) is 26.3 Å². The molecule has 2 N–H and O–H groups in total. The maximum absolute atomic E-state index is 12.5. The highest BCUT2D eigenvalue weighted by Gasteiger charge is 2.18. The van der Waals surface area contributed by atoms with E-state index in [0.29, 0.717) is 17.9 Å². The number of aromatic nitrogens is 3. The van der Waals surface area contributed by atoms with Crippen LogP contribution in [0.15, 0.2) is 54.9 Å². The van der Waals surface area contributed by atoms with E-state index in [2.05, 4.69) is 51.5 Å². The van der Waals surface area contributed by atoms with Crippen LogP contribution in [0.3, 0.4) is 0 Å². The molecule has 5 nitrogen and oxygen atoms in total. The average molecular weight is 320 g/mol. The number of rotatable bonds is 5. The summed E-state index contributed by atoms with van der Waals surface area (Å²) in [6.45, 7) is 3.88. The van der Waals surface area contributed by atoms with E-state index in [9.17, 15) is 4.79 Å². The van der Waals surface area contributed by atoms with Crippen molar-refractivity contribution in [3.8, 4) is 0 Å². The quantitative estimate of drug-likeness (QED) is 0.759. The van der Waals surface area contributed by atoms with Gasteiger partial charge in [0.1, 0.15) is 11.5 Å². The molecule has 0 saturated carbocycles. The summed E-state index contributed by atoms with van der Waals surface area (Å²) in [7, 11) is 0. The lowest BCUT2D eigenvalue weighted by Gasteiger charge is -2.18. The van der Waals surface area contributed by atoms with E-state index >= 15 is 0 Å². The van der Waals surface area contributed by atoms with E-state index in [4.69, 9.17) is 0 Å². The van der Waals surface area contributed by atoms with Gasteiger partial charge in [-0.1, -0.05) is 35.9 Å². The Kier molecular flexibility index (Phi) is 4.70. The van der Waals surface area contributed by atoms with Crippen LogP contribution in [0, 0.1) is 13.8 Å². The highest BCUT2D eigenvalue weighted by Crippen LogP contribution is 2.17. The molecule has 2 aromatic heterocycles. The van der Waals surface area contributed by atoms with Crippen molar-refractivity contribution in [3.63, 3.8) is 0 Å². The Balaban J connectivity index is 1.82. The number of aryl methyl sites for hydroxylation is 2. The van der Waals surface area contributed by atoms with Gasteiger partial charge in [-0.15, -0.1) is 0 Å². The molecule has 0 bridgehead atoms. The molecule has 1 atom stereocenters. The SMILES string of the molecule is Cc1ccc(C[C@H](NC(=O)c2cnc(C)[nH]2)c2ccccn2)cc1. The Morgan fingerprint density at radius 3 is 2.54 bits per heavy atom. The van der Waals surface area contributed by atoms with E-state index in [1.165, 1.54) is 5.56 Å². The van der Waals surface area contributed by atoms with Crippen molar-refractivity contribution in [2.75, 3.05) is 0 Å². The van der Waals surface area contributed by atoms with Crippen LogP contribution in [-0.4, -0.2) is 20.9 Å². The molecule has 122 valence electrons. The predicted octanol–water partition coefficient (Wildman–Crippen LogP) is 3.14. The van der Waals surface area contributed by atoms with Crippen molar-refractivity contribution >= 4 is 5.91 Å². The molecule has 1 aromatic carbocycles. The van der Waals surface area contributed by atoms with E-state index in [1.807, 2.05) is 25.1 Å². The number of amides is 1. The molecule has 0 radical (unpaired) electrons. The second-order valence-electron chi connectivity index (χ2n) is 5.85. The van der Waals surface area contributed by atoms with Gasteiger partial charge in [-0.3, -0.25) is 9.78 Å². The summed E-state index contributed by atoms with van der Waals surface area (Å²) in [4.78, 5) is 23.9. The summed E-state index contributed by atoms with van der Waals surface area (Å²) in [6, 6.07) is 13.8. The van der Waals surface area contributed by atoms with Gasteiger partial charge in [0, 0.05) is 6.20 Å². The topological polar surface area (TPSA) is 70.7 Å². The van der Waals surface area contributed by atoms with Gasteiger partial charge in [0.2, 0.25) is 0 Å². The standard InChI is InChI=1S/C19H20N4O/c1-13-6-8-15(9-7-13)11-17(16-5-3-4-10-20-16)23-19(24)18-12-21-14(2)22-18/h3-10,12,17H,11H2,1-2H3,(H,21,22)(H,23,24)/t17-/m0/s1. The highest BCUT2D eigenvalue weighted by molar-refractivity contribution is 5.92. The maximum Gasteiger partial charge on any atom is 0.269 e. The van der Waals surface area contributed by atoms with Crippen LogP contribution in [0.1, 0.15) is 39.2 Å². The predicted molar refractivity (Wildman–Crippen MR) is 92.7 cm³/mol. The fourth-order valence-corrected chi connectivity index (χ4v) is 2.54. The molecular formula is C19H20N4O. The molecule has 2 heterocycles. The summed E-state index contributed by atoms with van der Waals surface area (Å²) in [6.07, 6.45) is 3.96. The van der Waals surface area contributed by atoms with E-state index in [1.54, 1.807) is 12.4 Å². The monoisotopic (exact) mass is 320 g/mol. The number of H-pyrrole nitrogens is 1. The zero-order chi connectivity index (χ0) is 16.9. The molecule has 3 rings (SSSR count). The van der Waals surface area contributed by atoms with E-state index in [0.717, 1.165) is 11.3 Å². The van der Waals surface area contributed by atoms with Crippen LogP contribution in [0.5, 0.6) is 0 Å². The third-order valence-electron chi connectivity index (χ3n) is 3.86. The number of benzene rings is 1. The lowest BCUT2D eigenvalue weighted by atomic mass is 10.0. The van der Waals surface area contributed by atoms with Gasteiger partial charge in [0.15, 0.2) is 0 Å². The Bertz CT molecular complexity index is 809. The third kappa shape index (κ3) is 3.87. The Morgan fingerprint density at radius 2 is 1.92 bits per heavy atom. The first kappa shape index (κ1) is 15.9. The lowest BCUT2D eigenvalue weighted by Crippen LogP contribution is -2.30. The molecule has 0 saturated heterocycles. The van der Waals surface area contributed by atoms with Gasteiger partial charge in [0.25, 0.3) is 5.91 Å². The molecule has 0 fully saturated rings. The Hall–Kier alpha value is -2.95. The van der Waals surface area contributed by atoms with E-state index in [-0.39, 0.29) is 11.9 Å². The third-order valence-corrected chi connectivity index (χ3v) is 3.86. The summed E-state index contributed by atoms with van der Waals surface area (Å²) in [5.41, 5.74) is 3.66. The van der Waals surface area contributed by atoms with Crippen LogP contribution in [-0.2, 0) is 6.42 Å². The minimum absolute atomic E-state index is 0.182. The number of nitrogens with zero attached hydrogens (tertiary/aromatic N) is 2. The van der Waals surface area contributed by atoms with Crippen molar-refractivity contribution in [2.24, 2.45) is 0 Å². The molecule has 0 spiro atoms. The number of hydrogen-bond acceptors (Lipinski definition) is 3. The molecule has 0 aliphatic heterocycles. The van der Waals surface area contributed by atoms with Crippen LogP contribution in [0.2, 0.25) is 0 Å². The van der Waals surface area contributed by atoms with Gasteiger partial charge in [-0.2, -0.15) is 0 Å². The molecule has 1 amide bonds. The van der Waals surface area contributed by atoms with Crippen LogP contribution in [0.4, 0.5) is 0 Å². The summed E-state index contributed by atoms with van der Waals surface area (Å²) in [5.74, 6) is 0.534. The fraction of sp³-hybridized carbons (Fsp3) is 0.211. The second kappa shape index (κ2) is 7.08. The summed E-state index contributed by atoms with van der Waals surface area (Å²) in [5, 5.41) is 3.05. The van der Waals surface area contributed by atoms with Crippen molar-refractivity contribution < 1.29 is 4.79 Å². The zero-order valence-electron chi connectivity index (χ0n) is 13.8. The normalized spacial score (nSPS) is 11.9. The second-order valence-corrected chi connectivity index (χ2v) is 5.85. The minimum Gasteiger partial charge on any atom is -0.342 e. The zero-order valence-corrected chi connectivity index (χ0v) is 13.8. The summed E-state index contributed by atoms with van der Waals surface area (Å²) < 4.78 is 0. The van der Waals surface area contributed by atoms with Gasteiger partial charge in [-0.05, 0) is 38.0 Å². The molecule has 3 aromatic rings. The lowest BCUT2D eigenvalue weighted by molar-refractivity contribution is 0.0931. The maximum atomic E-state index is 12.5. The number of imidazole rings is 1. The first-order chi connectivity index (χ1) is 11.6. The smallest absolute Gasteiger partial charge is 0.269 e. The van der Waals surface area contributed by atoms with Crippen molar-refractivity contribution in [3.05, 3.63) is 83.2 Å². The first-order valence-corrected chi connectivity index (χ1v) is 7.91. The van der Waals surface area contributed by atoms with Gasteiger partial charge >= 0.3 is 0 Å².